The van der Waals surface area contributed by atoms with Crippen molar-refractivity contribution in [3.05, 3.63) is 17.6 Å². The standard InChI is InChI=1S/C16H27N3O.HI/c1-5-15-17-13(4)10-16(18-15)19-8-6-14(11-19)20-9-7-12(2)3;/h10,12,14H,5-9,11H2,1-4H3;1H. The van der Waals surface area contributed by atoms with Gasteiger partial charge in [0, 0.05) is 37.9 Å². The molecule has 1 aliphatic heterocycles. The van der Waals surface area contributed by atoms with Crippen molar-refractivity contribution in [1.29, 1.82) is 0 Å². The number of anilines is 1. The molecule has 1 fully saturated rings. The molecule has 0 bridgehead atoms. The lowest BCUT2D eigenvalue weighted by atomic mass is 10.1. The van der Waals surface area contributed by atoms with Crippen LogP contribution in [0.15, 0.2) is 6.07 Å². The lowest BCUT2D eigenvalue weighted by Crippen LogP contribution is -2.24. The molecule has 0 aliphatic carbocycles. The van der Waals surface area contributed by atoms with Crippen LogP contribution in [-0.4, -0.2) is 35.8 Å². The quantitative estimate of drug-likeness (QED) is 0.678. The number of hydrogen-bond acceptors (Lipinski definition) is 4. The molecule has 0 N–H and O–H groups in total. The van der Waals surface area contributed by atoms with Gasteiger partial charge in [0.15, 0.2) is 0 Å². The molecule has 1 atom stereocenters. The largest absolute Gasteiger partial charge is 0.376 e. The van der Waals surface area contributed by atoms with Crippen LogP contribution in [0.3, 0.4) is 0 Å². The summed E-state index contributed by atoms with van der Waals surface area (Å²) in [6, 6.07) is 2.08. The minimum atomic E-state index is 0. The fraction of sp³-hybridized carbons (Fsp3) is 0.750. The Morgan fingerprint density at radius 3 is 2.81 bits per heavy atom. The number of nitrogens with zero attached hydrogens (tertiary/aromatic N) is 3. The van der Waals surface area contributed by atoms with Gasteiger partial charge in [-0.05, 0) is 25.7 Å². The summed E-state index contributed by atoms with van der Waals surface area (Å²) in [6.45, 7) is 11.5. The van der Waals surface area contributed by atoms with E-state index in [0.717, 1.165) is 56.3 Å². The molecular weight excluding hydrogens is 377 g/mol. The van der Waals surface area contributed by atoms with Crippen molar-refractivity contribution in [3.8, 4) is 0 Å². The lowest BCUT2D eigenvalue weighted by Gasteiger charge is -2.19. The highest BCUT2D eigenvalue weighted by molar-refractivity contribution is 14.0. The van der Waals surface area contributed by atoms with Crippen molar-refractivity contribution in [3.63, 3.8) is 0 Å². The van der Waals surface area contributed by atoms with Crippen LogP contribution in [0.2, 0.25) is 0 Å². The molecule has 1 aromatic heterocycles. The zero-order valence-corrected chi connectivity index (χ0v) is 16.0. The molecule has 1 aromatic rings. The van der Waals surface area contributed by atoms with E-state index < -0.39 is 0 Å². The molecule has 0 amide bonds. The Kier molecular flexibility index (Phi) is 7.87. The van der Waals surface area contributed by atoms with Crippen molar-refractivity contribution in [2.75, 3.05) is 24.6 Å². The van der Waals surface area contributed by atoms with Gasteiger partial charge in [-0.15, -0.1) is 24.0 Å². The summed E-state index contributed by atoms with van der Waals surface area (Å²) in [4.78, 5) is 11.4. The van der Waals surface area contributed by atoms with E-state index in [1.807, 2.05) is 6.92 Å². The van der Waals surface area contributed by atoms with Gasteiger partial charge in [0.1, 0.15) is 11.6 Å². The van der Waals surface area contributed by atoms with Crippen LogP contribution in [0.4, 0.5) is 5.82 Å². The normalized spacial score (nSPS) is 18.1. The fourth-order valence-corrected chi connectivity index (χ4v) is 2.48. The molecule has 0 radical (unpaired) electrons. The molecule has 21 heavy (non-hydrogen) atoms. The van der Waals surface area contributed by atoms with E-state index in [-0.39, 0.29) is 24.0 Å². The van der Waals surface area contributed by atoms with E-state index in [1.54, 1.807) is 0 Å². The molecule has 5 heteroatoms. The highest BCUT2D eigenvalue weighted by Crippen LogP contribution is 2.21. The highest BCUT2D eigenvalue weighted by atomic mass is 127. The van der Waals surface area contributed by atoms with Crippen LogP contribution in [0.25, 0.3) is 0 Å². The highest BCUT2D eigenvalue weighted by Gasteiger charge is 2.24. The Labute approximate surface area is 145 Å². The van der Waals surface area contributed by atoms with Gasteiger partial charge < -0.3 is 9.64 Å². The van der Waals surface area contributed by atoms with Crippen LogP contribution in [-0.2, 0) is 11.2 Å². The summed E-state index contributed by atoms with van der Waals surface area (Å²) in [6.07, 6.45) is 3.48. The summed E-state index contributed by atoms with van der Waals surface area (Å²) in [5, 5.41) is 0. The van der Waals surface area contributed by atoms with E-state index in [0.29, 0.717) is 12.0 Å². The Balaban J connectivity index is 0.00000220. The van der Waals surface area contributed by atoms with Gasteiger partial charge in [-0.1, -0.05) is 20.8 Å². The van der Waals surface area contributed by atoms with E-state index in [1.165, 1.54) is 0 Å². The lowest BCUT2D eigenvalue weighted by molar-refractivity contribution is 0.0609. The zero-order valence-electron chi connectivity index (χ0n) is 13.6. The van der Waals surface area contributed by atoms with Crippen LogP contribution in [0.1, 0.15) is 45.1 Å². The number of hydrogen-bond donors (Lipinski definition) is 0. The molecule has 0 saturated carbocycles. The molecule has 1 unspecified atom stereocenters. The van der Waals surface area contributed by atoms with E-state index >= 15 is 0 Å². The number of rotatable bonds is 6. The van der Waals surface area contributed by atoms with Gasteiger partial charge in [-0.3, -0.25) is 0 Å². The average molecular weight is 405 g/mol. The molecule has 2 heterocycles. The molecule has 0 aromatic carbocycles. The SMILES string of the molecule is CCc1nc(C)cc(N2CCC(OCCC(C)C)C2)n1.I. The van der Waals surface area contributed by atoms with Crippen molar-refractivity contribution in [2.45, 2.75) is 53.1 Å². The Hall–Kier alpha value is -0.430. The topological polar surface area (TPSA) is 38.2 Å². The maximum absolute atomic E-state index is 5.97. The van der Waals surface area contributed by atoms with Crippen LogP contribution in [0, 0.1) is 12.8 Å². The third kappa shape index (κ3) is 5.70. The predicted molar refractivity (Wildman–Crippen MR) is 97.6 cm³/mol. The van der Waals surface area contributed by atoms with Gasteiger partial charge in [0.2, 0.25) is 0 Å². The number of aromatic nitrogens is 2. The van der Waals surface area contributed by atoms with E-state index in [2.05, 4.69) is 41.7 Å². The van der Waals surface area contributed by atoms with Gasteiger partial charge in [-0.2, -0.15) is 0 Å². The number of halogens is 1. The average Bonchev–Trinajstić information content (AvgIpc) is 2.86. The van der Waals surface area contributed by atoms with Crippen molar-refractivity contribution >= 4 is 29.8 Å². The molecule has 4 nitrogen and oxygen atoms in total. The Morgan fingerprint density at radius 1 is 1.38 bits per heavy atom. The fourth-order valence-electron chi connectivity index (χ4n) is 2.48. The zero-order chi connectivity index (χ0) is 14.5. The maximum Gasteiger partial charge on any atom is 0.132 e. The van der Waals surface area contributed by atoms with E-state index in [9.17, 15) is 0 Å². The first-order chi connectivity index (χ1) is 9.58. The molecular formula is C16H28IN3O. The molecule has 120 valence electrons. The van der Waals surface area contributed by atoms with Crippen molar-refractivity contribution in [1.82, 2.24) is 9.97 Å². The van der Waals surface area contributed by atoms with Crippen molar-refractivity contribution in [2.24, 2.45) is 5.92 Å². The Morgan fingerprint density at radius 2 is 2.14 bits per heavy atom. The second kappa shape index (κ2) is 8.88. The maximum atomic E-state index is 5.97. The second-order valence-corrected chi connectivity index (χ2v) is 6.05. The first-order valence-electron chi connectivity index (χ1n) is 7.79. The van der Waals surface area contributed by atoms with E-state index in [4.69, 9.17) is 4.74 Å². The van der Waals surface area contributed by atoms with Crippen LogP contribution < -0.4 is 4.90 Å². The van der Waals surface area contributed by atoms with Crippen LogP contribution in [0.5, 0.6) is 0 Å². The molecule has 1 saturated heterocycles. The number of ether oxygens (including phenoxy) is 1. The van der Waals surface area contributed by atoms with Gasteiger partial charge in [0.05, 0.1) is 6.10 Å². The van der Waals surface area contributed by atoms with Gasteiger partial charge >= 0.3 is 0 Å². The van der Waals surface area contributed by atoms with Gasteiger partial charge in [0.25, 0.3) is 0 Å². The summed E-state index contributed by atoms with van der Waals surface area (Å²) < 4.78 is 5.97. The molecule has 1 aliphatic rings. The summed E-state index contributed by atoms with van der Waals surface area (Å²) in [5.74, 6) is 2.71. The minimum absolute atomic E-state index is 0. The Bertz CT molecular complexity index is 440. The summed E-state index contributed by atoms with van der Waals surface area (Å²) in [7, 11) is 0. The minimum Gasteiger partial charge on any atom is -0.376 e. The second-order valence-electron chi connectivity index (χ2n) is 6.05. The predicted octanol–water partition coefficient (Wildman–Crippen LogP) is 3.61. The molecule has 2 rings (SSSR count). The monoisotopic (exact) mass is 405 g/mol. The first kappa shape index (κ1) is 18.6. The van der Waals surface area contributed by atoms with Crippen LogP contribution >= 0.6 is 24.0 Å². The van der Waals surface area contributed by atoms with Crippen molar-refractivity contribution < 1.29 is 4.74 Å². The third-order valence-electron chi connectivity index (χ3n) is 3.72. The molecule has 0 spiro atoms. The summed E-state index contributed by atoms with van der Waals surface area (Å²) >= 11 is 0. The smallest absolute Gasteiger partial charge is 0.132 e. The third-order valence-corrected chi connectivity index (χ3v) is 3.72. The first-order valence-corrected chi connectivity index (χ1v) is 7.79. The van der Waals surface area contributed by atoms with Gasteiger partial charge in [-0.25, -0.2) is 9.97 Å². The number of aryl methyl sites for hydroxylation is 2. The summed E-state index contributed by atoms with van der Waals surface area (Å²) in [5.41, 5.74) is 1.05.